The summed E-state index contributed by atoms with van der Waals surface area (Å²) in [4.78, 5) is 12.3. The van der Waals surface area contributed by atoms with Crippen molar-refractivity contribution in [2.45, 2.75) is 6.42 Å². The van der Waals surface area contributed by atoms with Crippen molar-refractivity contribution in [1.29, 1.82) is 5.41 Å². The van der Waals surface area contributed by atoms with Crippen LogP contribution in [-0.4, -0.2) is 23.8 Å². The van der Waals surface area contributed by atoms with Gasteiger partial charge in [0.15, 0.2) is 5.76 Å². The summed E-state index contributed by atoms with van der Waals surface area (Å²) < 4.78 is 5.41. The number of aromatic nitrogens is 1. The smallest absolute Gasteiger partial charge is 0.256 e. The number of nitrogens with one attached hydrogen (secondary N) is 2. The molecule has 0 fully saturated rings. The van der Waals surface area contributed by atoms with E-state index in [1.54, 1.807) is 7.05 Å². The molecule has 24 heavy (non-hydrogen) atoms. The largest absolute Gasteiger partial charge is 0.359 e. The van der Waals surface area contributed by atoms with Gasteiger partial charge in [-0.25, -0.2) is 0 Å². The molecule has 120 valence electrons. The first-order chi connectivity index (χ1) is 11.7. The zero-order valence-corrected chi connectivity index (χ0v) is 13.2. The van der Waals surface area contributed by atoms with E-state index < -0.39 is 0 Å². The van der Waals surface area contributed by atoms with Gasteiger partial charge in [0.1, 0.15) is 11.3 Å². The zero-order chi connectivity index (χ0) is 16.9. The van der Waals surface area contributed by atoms with Crippen molar-refractivity contribution in [1.82, 2.24) is 10.5 Å². The maximum Gasteiger partial charge on any atom is 0.256 e. The molecule has 0 spiro atoms. The molecule has 0 saturated carbocycles. The highest BCUT2D eigenvalue weighted by atomic mass is 16.5. The van der Waals surface area contributed by atoms with Gasteiger partial charge < -0.3 is 15.2 Å². The van der Waals surface area contributed by atoms with Crippen LogP contribution in [0.5, 0.6) is 0 Å². The van der Waals surface area contributed by atoms with E-state index in [0.29, 0.717) is 22.7 Å². The lowest BCUT2D eigenvalue weighted by Gasteiger charge is -2.05. The van der Waals surface area contributed by atoms with E-state index in [2.05, 4.69) is 10.5 Å². The first kappa shape index (κ1) is 15.7. The molecule has 5 heteroatoms. The second kappa shape index (κ2) is 6.91. The molecular formula is C19H17N3O2. The minimum atomic E-state index is -0.272. The fourth-order valence-electron chi connectivity index (χ4n) is 2.50. The van der Waals surface area contributed by atoms with Crippen LogP contribution in [0.25, 0.3) is 11.3 Å². The van der Waals surface area contributed by atoms with Crippen molar-refractivity contribution in [2.75, 3.05) is 7.05 Å². The summed E-state index contributed by atoms with van der Waals surface area (Å²) >= 11 is 0. The molecule has 0 atom stereocenters. The maximum absolute atomic E-state index is 12.3. The number of rotatable bonds is 5. The number of benzene rings is 2. The summed E-state index contributed by atoms with van der Waals surface area (Å²) in [7, 11) is 1.57. The van der Waals surface area contributed by atoms with Crippen molar-refractivity contribution in [3.8, 4) is 11.3 Å². The quantitative estimate of drug-likeness (QED) is 0.708. The lowest BCUT2D eigenvalue weighted by molar-refractivity contribution is 0.0962. The van der Waals surface area contributed by atoms with Crippen LogP contribution >= 0.6 is 0 Å². The molecule has 0 unspecified atom stereocenters. The van der Waals surface area contributed by atoms with Gasteiger partial charge in [-0.15, -0.1) is 0 Å². The molecule has 3 rings (SSSR count). The normalized spacial score (nSPS) is 10.4. The highest BCUT2D eigenvalue weighted by Crippen LogP contribution is 2.26. The average Bonchev–Trinajstić information content (AvgIpc) is 3.06. The van der Waals surface area contributed by atoms with Gasteiger partial charge in [0.2, 0.25) is 0 Å². The van der Waals surface area contributed by atoms with Gasteiger partial charge in [0.05, 0.1) is 6.42 Å². The fraction of sp³-hybridized carbons (Fsp3) is 0.105. The molecule has 2 aromatic carbocycles. The Kier molecular flexibility index (Phi) is 4.52. The van der Waals surface area contributed by atoms with Crippen molar-refractivity contribution in [2.24, 2.45) is 0 Å². The molecule has 0 radical (unpaired) electrons. The molecule has 0 saturated heterocycles. The van der Waals surface area contributed by atoms with Gasteiger partial charge in [-0.05, 0) is 5.56 Å². The maximum atomic E-state index is 12.3. The minimum absolute atomic E-state index is 0.201. The standard InChI is InChI=1S/C19H17N3O2/c1-21-19(23)17-16(12-15(20)13-8-4-2-5-9-13)24-22-18(17)14-10-6-3-7-11-14/h2-11,20H,12H2,1H3,(H,21,23). The topological polar surface area (TPSA) is 79.0 Å². The van der Waals surface area contributed by atoms with E-state index in [4.69, 9.17) is 9.93 Å². The van der Waals surface area contributed by atoms with Gasteiger partial charge in [-0.1, -0.05) is 65.8 Å². The third-order valence-electron chi connectivity index (χ3n) is 3.72. The predicted octanol–water partition coefficient (Wildman–Crippen LogP) is 3.31. The number of hydrogen-bond donors (Lipinski definition) is 2. The molecular weight excluding hydrogens is 302 g/mol. The van der Waals surface area contributed by atoms with Gasteiger partial charge in [-0.3, -0.25) is 4.79 Å². The van der Waals surface area contributed by atoms with Gasteiger partial charge in [-0.2, -0.15) is 0 Å². The lowest BCUT2D eigenvalue weighted by Crippen LogP contribution is -2.20. The van der Waals surface area contributed by atoms with Crippen LogP contribution in [0.4, 0.5) is 0 Å². The molecule has 5 nitrogen and oxygen atoms in total. The summed E-state index contributed by atoms with van der Waals surface area (Å²) in [5.41, 5.74) is 2.84. The van der Waals surface area contributed by atoms with Gasteiger partial charge >= 0.3 is 0 Å². The van der Waals surface area contributed by atoms with Crippen molar-refractivity contribution >= 4 is 11.6 Å². The lowest BCUT2D eigenvalue weighted by atomic mass is 10.0. The van der Waals surface area contributed by atoms with E-state index >= 15 is 0 Å². The Labute approximate surface area is 139 Å². The van der Waals surface area contributed by atoms with Crippen molar-refractivity contribution in [3.63, 3.8) is 0 Å². The van der Waals surface area contributed by atoms with E-state index in [9.17, 15) is 4.79 Å². The molecule has 3 aromatic rings. The number of carbonyl (C=O) groups excluding carboxylic acids is 1. The first-order valence-electron chi connectivity index (χ1n) is 7.59. The van der Waals surface area contributed by atoms with Crippen molar-refractivity contribution < 1.29 is 9.32 Å². The van der Waals surface area contributed by atoms with Crippen molar-refractivity contribution in [3.05, 3.63) is 77.6 Å². The summed E-state index contributed by atoms with van der Waals surface area (Å²) in [6.07, 6.45) is 0.201. The Morgan fingerprint density at radius 3 is 2.33 bits per heavy atom. The van der Waals surface area contributed by atoms with E-state index in [0.717, 1.165) is 11.1 Å². The van der Waals surface area contributed by atoms with Crippen LogP contribution < -0.4 is 5.32 Å². The monoisotopic (exact) mass is 319 g/mol. The Bertz CT molecular complexity index is 855. The van der Waals surface area contributed by atoms with Gasteiger partial charge in [0, 0.05) is 18.3 Å². The summed E-state index contributed by atoms with van der Waals surface area (Å²) in [5, 5.41) is 14.9. The Balaban J connectivity index is 1.98. The van der Waals surface area contributed by atoms with Crippen LogP contribution in [0, 0.1) is 5.41 Å². The number of amides is 1. The predicted molar refractivity (Wildman–Crippen MR) is 92.3 cm³/mol. The third-order valence-corrected chi connectivity index (χ3v) is 3.72. The highest BCUT2D eigenvalue weighted by Gasteiger charge is 2.24. The van der Waals surface area contributed by atoms with Crippen LogP contribution in [-0.2, 0) is 6.42 Å². The Morgan fingerprint density at radius 1 is 1.08 bits per heavy atom. The van der Waals surface area contributed by atoms with E-state index in [1.165, 1.54) is 0 Å². The molecule has 1 heterocycles. The minimum Gasteiger partial charge on any atom is -0.359 e. The molecule has 0 aliphatic rings. The van der Waals surface area contributed by atoms with Gasteiger partial charge in [0.25, 0.3) is 5.91 Å². The molecule has 1 aromatic heterocycles. The Morgan fingerprint density at radius 2 is 1.71 bits per heavy atom. The highest BCUT2D eigenvalue weighted by molar-refractivity contribution is 6.04. The zero-order valence-electron chi connectivity index (χ0n) is 13.2. The van der Waals surface area contributed by atoms with Crippen LogP contribution in [0.2, 0.25) is 0 Å². The first-order valence-corrected chi connectivity index (χ1v) is 7.59. The summed E-state index contributed by atoms with van der Waals surface area (Å²) in [6, 6.07) is 18.8. The second-order valence-corrected chi connectivity index (χ2v) is 5.30. The average molecular weight is 319 g/mol. The second-order valence-electron chi connectivity index (χ2n) is 5.30. The summed E-state index contributed by atoms with van der Waals surface area (Å²) in [6.45, 7) is 0. The van der Waals surface area contributed by atoms with Crippen LogP contribution in [0.3, 0.4) is 0 Å². The number of hydrogen-bond acceptors (Lipinski definition) is 4. The SMILES string of the molecule is CNC(=O)c1c(-c2ccccc2)noc1CC(=N)c1ccccc1. The van der Waals surface area contributed by atoms with E-state index in [1.807, 2.05) is 60.7 Å². The molecule has 2 N–H and O–H groups in total. The molecule has 0 bridgehead atoms. The van der Waals surface area contributed by atoms with Crippen LogP contribution in [0.15, 0.2) is 65.2 Å². The van der Waals surface area contributed by atoms with E-state index in [-0.39, 0.29) is 12.3 Å². The third kappa shape index (κ3) is 3.10. The van der Waals surface area contributed by atoms with Crippen LogP contribution in [0.1, 0.15) is 21.7 Å². The summed E-state index contributed by atoms with van der Waals surface area (Å²) in [5.74, 6) is 0.119. The molecule has 0 aliphatic carbocycles. The molecule has 1 amide bonds. The molecule has 0 aliphatic heterocycles. The number of nitrogens with zero attached hydrogens (tertiary/aromatic N) is 1. The number of carbonyl (C=O) groups is 1. The fourth-order valence-corrected chi connectivity index (χ4v) is 2.50. The Hall–Kier alpha value is -3.21.